The molecule has 4 heteroatoms. The molecule has 22 heavy (non-hydrogen) atoms. The first kappa shape index (κ1) is 15.6. The van der Waals surface area contributed by atoms with Gasteiger partial charge in [0.2, 0.25) is 0 Å². The van der Waals surface area contributed by atoms with Crippen molar-refractivity contribution in [3.63, 3.8) is 0 Å². The average molecular weight is 300 g/mol. The van der Waals surface area contributed by atoms with Gasteiger partial charge in [0.15, 0.2) is 0 Å². The van der Waals surface area contributed by atoms with E-state index < -0.39 is 0 Å². The van der Waals surface area contributed by atoms with Crippen molar-refractivity contribution in [2.75, 3.05) is 26.2 Å². The van der Waals surface area contributed by atoms with Gasteiger partial charge >= 0.3 is 0 Å². The highest BCUT2D eigenvalue weighted by Crippen LogP contribution is 2.18. The van der Waals surface area contributed by atoms with E-state index >= 15 is 0 Å². The Bertz CT molecular complexity index is 431. The van der Waals surface area contributed by atoms with E-state index in [1.165, 1.54) is 37.1 Å². The maximum absolute atomic E-state index is 4.58. The van der Waals surface area contributed by atoms with Crippen molar-refractivity contribution in [1.82, 2.24) is 10.6 Å². The van der Waals surface area contributed by atoms with Crippen LogP contribution >= 0.6 is 0 Å². The number of hydrogen-bond acceptors (Lipinski definition) is 4. The molecule has 3 rings (SSSR count). The maximum atomic E-state index is 4.58. The van der Waals surface area contributed by atoms with E-state index in [4.69, 9.17) is 0 Å². The zero-order valence-electron chi connectivity index (χ0n) is 13.4. The Balaban J connectivity index is 1.47. The molecule has 2 heterocycles. The fraction of sp³-hybridized carbons (Fsp3) is 0.667. The molecule has 1 aliphatic carbocycles. The molecular formula is C18H28N4. The molecule has 0 amide bonds. The van der Waals surface area contributed by atoms with E-state index in [-0.39, 0.29) is 0 Å². The second-order valence-corrected chi connectivity index (χ2v) is 6.39. The zero-order chi connectivity index (χ0) is 15.0. The fourth-order valence-electron chi connectivity index (χ4n) is 3.43. The Kier molecular flexibility index (Phi) is 5.96. The van der Waals surface area contributed by atoms with Crippen LogP contribution in [0.3, 0.4) is 0 Å². The van der Waals surface area contributed by atoms with Gasteiger partial charge < -0.3 is 10.6 Å². The third-order valence-electron chi connectivity index (χ3n) is 4.70. The second kappa shape index (κ2) is 8.39. The van der Waals surface area contributed by atoms with Crippen LogP contribution in [-0.2, 0) is 0 Å². The van der Waals surface area contributed by atoms with Gasteiger partial charge in [-0.2, -0.15) is 0 Å². The van der Waals surface area contributed by atoms with Gasteiger partial charge in [0, 0.05) is 49.7 Å². The summed E-state index contributed by atoms with van der Waals surface area (Å²) in [6.07, 6.45) is 16.2. The van der Waals surface area contributed by atoms with Crippen molar-refractivity contribution in [2.45, 2.75) is 50.6 Å². The first-order chi connectivity index (χ1) is 10.9. The monoisotopic (exact) mass is 300 g/mol. The van der Waals surface area contributed by atoms with Gasteiger partial charge in [-0.1, -0.05) is 25.0 Å². The minimum Gasteiger partial charge on any atom is -0.307 e. The lowest BCUT2D eigenvalue weighted by Gasteiger charge is -2.33. The van der Waals surface area contributed by atoms with Crippen LogP contribution in [0.5, 0.6) is 0 Å². The molecule has 0 bridgehead atoms. The molecule has 4 nitrogen and oxygen atoms in total. The number of dihydropyridines is 2. The van der Waals surface area contributed by atoms with Crippen LogP contribution in [-0.4, -0.2) is 49.7 Å². The molecule has 0 aromatic heterocycles. The predicted octanol–water partition coefficient (Wildman–Crippen LogP) is 2.28. The smallest absolute Gasteiger partial charge is 0.0483 e. The van der Waals surface area contributed by atoms with E-state index in [1.807, 2.05) is 0 Å². The van der Waals surface area contributed by atoms with Crippen molar-refractivity contribution in [2.24, 2.45) is 9.98 Å². The summed E-state index contributed by atoms with van der Waals surface area (Å²) in [4.78, 5) is 9.15. The van der Waals surface area contributed by atoms with Crippen molar-refractivity contribution in [3.8, 4) is 0 Å². The van der Waals surface area contributed by atoms with Gasteiger partial charge in [-0.15, -0.1) is 0 Å². The van der Waals surface area contributed by atoms with E-state index in [0.717, 1.165) is 39.0 Å². The molecule has 2 atom stereocenters. The van der Waals surface area contributed by atoms with E-state index in [0.29, 0.717) is 12.1 Å². The van der Waals surface area contributed by atoms with Gasteiger partial charge in [-0.3, -0.25) is 9.98 Å². The molecular weight excluding hydrogens is 272 g/mol. The zero-order valence-corrected chi connectivity index (χ0v) is 13.4. The molecule has 0 spiro atoms. The summed E-state index contributed by atoms with van der Waals surface area (Å²) >= 11 is 0. The Morgan fingerprint density at radius 3 is 1.73 bits per heavy atom. The van der Waals surface area contributed by atoms with Gasteiger partial charge in [-0.05, 0) is 37.8 Å². The van der Waals surface area contributed by atoms with Crippen LogP contribution in [0.25, 0.3) is 0 Å². The molecule has 1 saturated carbocycles. The lowest BCUT2D eigenvalue weighted by molar-refractivity contribution is 0.300. The lowest BCUT2D eigenvalue weighted by atomic mass is 9.90. The highest BCUT2D eigenvalue weighted by atomic mass is 15.0. The van der Waals surface area contributed by atoms with Crippen molar-refractivity contribution < 1.29 is 0 Å². The number of nitrogens with zero attached hydrogens (tertiary/aromatic N) is 2. The average Bonchev–Trinajstić information content (AvgIpc) is 2.61. The van der Waals surface area contributed by atoms with Crippen LogP contribution in [0.15, 0.2) is 34.3 Å². The molecule has 2 aliphatic heterocycles. The highest BCUT2D eigenvalue weighted by molar-refractivity contribution is 5.97. The number of nitrogens with one attached hydrogen (secondary N) is 2. The Morgan fingerprint density at radius 2 is 1.32 bits per heavy atom. The van der Waals surface area contributed by atoms with Gasteiger partial charge in [0.05, 0.1) is 0 Å². The minimum atomic E-state index is 0.556. The summed E-state index contributed by atoms with van der Waals surface area (Å²) in [6.45, 7) is 3.71. The molecule has 1 fully saturated rings. The highest BCUT2D eigenvalue weighted by Gasteiger charge is 2.24. The first-order valence-corrected chi connectivity index (χ1v) is 8.78. The van der Waals surface area contributed by atoms with Crippen LogP contribution in [0.1, 0.15) is 38.5 Å². The van der Waals surface area contributed by atoms with Crippen LogP contribution in [0.4, 0.5) is 0 Å². The topological polar surface area (TPSA) is 48.8 Å². The number of rotatable bonds is 6. The van der Waals surface area contributed by atoms with E-state index in [2.05, 4.69) is 44.9 Å². The lowest BCUT2D eigenvalue weighted by Crippen LogP contribution is -2.52. The second-order valence-electron chi connectivity index (χ2n) is 6.39. The summed E-state index contributed by atoms with van der Waals surface area (Å²) in [5.41, 5.74) is 2.41. The van der Waals surface area contributed by atoms with Crippen LogP contribution in [0.2, 0.25) is 0 Å². The van der Waals surface area contributed by atoms with Crippen LogP contribution < -0.4 is 10.6 Å². The summed E-state index contributed by atoms with van der Waals surface area (Å²) in [5, 5.41) is 7.45. The van der Waals surface area contributed by atoms with Crippen molar-refractivity contribution in [3.05, 3.63) is 24.3 Å². The van der Waals surface area contributed by atoms with Crippen molar-refractivity contribution in [1.29, 1.82) is 0 Å². The predicted molar refractivity (Wildman–Crippen MR) is 94.2 cm³/mol. The fourth-order valence-corrected chi connectivity index (χ4v) is 3.43. The standard InChI is InChI=1S/C18H28N4/c1-2-10-18(22-14-16-8-4-6-12-20-16)17(9-1)21-13-15-7-3-5-11-19-15/h3-4,7-8,17-18,21-22H,1-2,5-6,9-14H2/t17-,18-/m0/s1. The third-order valence-corrected chi connectivity index (χ3v) is 4.70. The summed E-state index contributed by atoms with van der Waals surface area (Å²) < 4.78 is 0. The SMILES string of the molecule is C1=CC(CN[C@H]2CCCC[C@@H]2NCC2=NCCC=C2)=NCC1. The third kappa shape index (κ3) is 4.62. The maximum Gasteiger partial charge on any atom is 0.0483 e. The molecule has 0 aromatic carbocycles. The normalized spacial score (nSPS) is 28.4. The molecule has 3 aliphatic rings. The molecule has 0 saturated heterocycles. The van der Waals surface area contributed by atoms with Crippen LogP contribution in [0, 0.1) is 0 Å². The Hall–Kier alpha value is -1.26. The molecule has 2 N–H and O–H groups in total. The van der Waals surface area contributed by atoms with E-state index in [9.17, 15) is 0 Å². The first-order valence-electron chi connectivity index (χ1n) is 8.78. The number of hydrogen-bond donors (Lipinski definition) is 2. The van der Waals surface area contributed by atoms with Crippen molar-refractivity contribution >= 4 is 11.4 Å². The Morgan fingerprint density at radius 1 is 0.818 bits per heavy atom. The summed E-state index contributed by atoms with van der Waals surface area (Å²) in [6, 6.07) is 1.11. The molecule has 0 aromatic rings. The van der Waals surface area contributed by atoms with Gasteiger partial charge in [0.1, 0.15) is 0 Å². The van der Waals surface area contributed by atoms with Gasteiger partial charge in [-0.25, -0.2) is 0 Å². The van der Waals surface area contributed by atoms with E-state index in [1.54, 1.807) is 0 Å². The van der Waals surface area contributed by atoms with Gasteiger partial charge in [0.25, 0.3) is 0 Å². The Labute approximate surface area is 133 Å². The minimum absolute atomic E-state index is 0.556. The number of aliphatic imine (C=N–C) groups is 2. The summed E-state index contributed by atoms with van der Waals surface area (Å²) in [5.74, 6) is 0. The quantitative estimate of drug-likeness (QED) is 0.790. The summed E-state index contributed by atoms with van der Waals surface area (Å²) in [7, 11) is 0. The molecule has 120 valence electrons. The largest absolute Gasteiger partial charge is 0.307 e. The molecule has 0 radical (unpaired) electrons. The molecule has 0 unspecified atom stereocenters.